The van der Waals surface area contributed by atoms with E-state index in [1.807, 2.05) is 42.3 Å². The maximum absolute atomic E-state index is 5.86. The Balaban J connectivity index is 0.00000338. The highest BCUT2D eigenvalue weighted by atomic mass is 127. The van der Waals surface area contributed by atoms with Gasteiger partial charge in [-0.2, -0.15) is 0 Å². The van der Waals surface area contributed by atoms with Crippen LogP contribution in [0.4, 0.5) is 0 Å². The minimum atomic E-state index is 0. The Morgan fingerprint density at radius 1 is 1.35 bits per heavy atom. The lowest BCUT2D eigenvalue weighted by Crippen LogP contribution is -2.40. The molecule has 26 heavy (non-hydrogen) atoms. The molecule has 0 aliphatic rings. The minimum Gasteiger partial charge on any atom is -0.492 e. The molecule has 8 heteroatoms. The summed E-state index contributed by atoms with van der Waals surface area (Å²) in [6.45, 7) is 5.94. The molecule has 2 rings (SSSR count). The minimum absolute atomic E-state index is 0. The van der Waals surface area contributed by atoms with Gasteiger partial charge in [0.2, 0.25) is 0 Å². The first-order valence-corrected chi connectivity index (χ1v) is 8.63. The van der Waals surface area contributed by atoms with E-state index in [-0.39, 0.29) is 24.0 Å². The number of likely N-dealkylation sites (N-methyl/N-ethyl adjacent to an activating group) is 1. The lowest BCUT2D eigenvalue weighted by Gasteiger charge is -2.21. The number of halogens is 2. The van der Waals surface area contributed by atoms with Crippen molar-refractivity contribution < 1.29 is 9.26 Å². The molecule has 6 nitrogen and oxygen atoms in total. The van der Waals surface area contributed by atoms with Gasteiger partial charge in [0.05, 0.1) is 18.8 Å². The summed E-state index contributed by atoms with van der Waals surface area (Å²) in [6.07, 6.45) is 0. The van der Waals surface area contributed by atoms with E-state index in [4.69, 9.17) is 20.9 Å². The summed E-state index contributed by atoms with van der Waals surface area (Å²) in [6, 6.07) is 9.29. The third kappa shape index (κ3) is 7.03. The van der Waals surface area contributed by atoms with Crippen molar-refractivity contribution >= 4 is 41.5 Å². The number of hydrogen-bond acceptors (Lipinski definition) is 4. The zero-order valence-electron chi connectivity index (χ0n) is 15.5. The van der Waals surface area contributed by atoms with Crippen molar-refractivity contribution in [2.45, 2.75) is 26.3 Å². The van der Waals surface area contributed by atoms with Gasteiger partial charge < -0.3 is 19.5 Å². The van der Waals surface area contributed by atoms with Crippen molar-refractivity contribution in [3.8, 4) is 5.75 Å². The smallest absolute Gasteiger partial charge is 0.193 e. The van der Waals surface area contributed by atoms with Gasteiger partial charge in [-0.3, -0.25) is 4.99 Å². The maximum atomic E-state index is 5.86. The topological polar surface area (TPSA) is 62.9 Å². The van der Waals surface area contributed by atoms with Gasteiger partial charge in [0.1, 0.15) is 12.4 Å². The first-order chi connectivity index (χ1) is 12.0. The second kappa shape index (κ2) is 11.3. The summed E-state index contributed by atoms with van der Waals surface area (Å²) in [4.78, 5) is 6.27. The Labute approximate surface area is 177 Å². The van der Waals surface area contributed by atoms with Crippen LogP contribution in [0.2, 0.25) is 5.02 Å². The van der Waals surface area contributed by atoms with Crippen LogP contribution in [0, 0.1) is 0 Å². The Hall–Kier alpha value is -1.48. The van der Waals surface area contributed by atoms with E-state index >= 15 is 0 Å². The van der Waals surface area contributed by atoms with E-state index in [0.717, 1.165) is 23.2 Å². The van der Waals surface area contributed by atoms with E-state index in [2.05, 4.69) is 29.3 Å². The van der Waals surface area contributed by atoms with Crippen molar-refractivity contribution in [3.63, 3.8) is 0 Å². The Kier molecular flexibility index (Phi) is 9.79. The van der Waals surface area contributed by atoms with E-state index < -0.39 is 0 Å². The monoisotopic (exact) mass is 492 g/mol. The molecule has 0 bridgehead atoms. The second-order valence-corrected chi connectivity index (χ2v) is 6.43. The van der Waals surface area contributed by atoms with E-state index in [1.165, 1.54) is 0 Å². The average Bonchev–Trinajstić information content (AvgIpc) is 3.06. The first-order valence-electron chi connectivity index (χ1n) is 8.25. The lowest BCUT2D eigenvalue weighted by atomic mass is 10.1. The normalized spacial score (nSPS) is 11.2. The lowest BCUT2D eigenvalue weighted by molar-refractivity contribution is 0.280. The fourth-order valence-corrected chi connectivity index (χ4v) is 2.30. The van der Waals surface area contributed by atoms with Crippen molar-refractivity contribution in [1.29, 1.82) is 0 Å². The summed E-state index contributed by atoms with van der Waals surface area (Å²) >= 11 is 5.86. The summed E-state index contributed by atoms with van der Waals surface area (Å²) in [5.74, 6) is 2.70. The molecule has 0 amide bonds. The zero-order valence-corrected chi connectivity index (χ0v) is 18.6. The highest BCUT2D eigenvalue weighted by molar-refractivity contribution is 14.0. The highest BCUT2D eigenvalue weighted by Crippen LogP contribution is 2.15. The molecule has 0 aliphatic carbocycles. The van der Waals surface area contributed by atoms with Crippen LogP contribution >= 0.6 is 35.6 Å². The molecular weight excluding hydrogens is 467 g/mol. The largest absolute Gasteiger partial charge is 0.492 e. The SMILES string of the molecule is CN=C(NCc1cc(C(C)C)no1)N(C)CCOc1ccc(Cl)cc1.I. The molecular formula is C18H26ClIN4O2. The Morgan fingerprint density at radius 2 is 2.04 bits per heavy atom. The fourth-order valence-electron chi connectivity index (χ4n) is 2.17. The quantitative estimate of drug-likeness (QED) is 0.357. The molecule has 0 fully saturated rings. The zero-order chi connectivity index (χ0) is 18.2. The number of benzene rings is 1. The van der Waals surface area contributed by atoms with Gasteiger partial charge >= 0.3 is 0 Å². The molecule has 144 valence electrons. The van der Waals surface area contributed by atoms with Crippen LogP contribution in [0.25, 0.3) is 0 Å². The van der Waals surface area contributed by atoms with Gasteiger partial charge in [-0.25, -0.2) is 0 Å². The molecule has 0 aliphatic heterocycles. The molecule has 1 aromatic heterocycles. The Morgan fingerprint density at radius 3 is 2.62 bits per heavy atom. The van der Waals surface area contributed by atoms with Gasteiger partial charge in [0.25, 0.3) is 0 Å². The number of aromatic nitrogens is 1. The summed E-state index contributed by atoms with van der Waals surface area (Å²) in [5, 5.41) is 8.02. The average molecular weight is 493 g/mol. The van der Waals surface area contributed by atoms with Gasteiger partial charge in [0, 0.05) is 25.2 Å². The van der Waals surface area contributed by atoms with Gasteiger partial charge in [-0.15, -0.1) is 24.0 Å². The number of aliphatic imine (C=N–C) groups is 1. The summed E-state index contributed by atoms with van der Waals surface area (Å²) < 4.78 is 11.0. The standard InChI is InChI=1S/C18H25ClN4O2.HI/c1-13(2)17-11-16(25-22-17)12-21-18(20-3)23(4)9-10-24-15-7-5-14(19)6-8-15;/h5-8,11,13H,9-10,12H2,1-4H3,(H,20,21);1H. The van der Waals surface area contributed by atoms with Crippen molar-refractivity contribution in [2.75, 3.05) is 27.2 Å². The number of rotatable bonds is 7. The van der Waals surface area contributed by atoms with Crippen LogP contribution in [0.15, 0.2) is 39.8 Å². The molecule has 2 aromatic rings. The van der Waals surface area contributed by atoms with Crippen LogP contribution in [-0.2, 0) is 6.54 Å². The number of nitrogens with one attached hydrogen (secondary N) is 1. The van der Waals surface area contributed by atoms with Crippen molar-refractivity contribution in [1.82, 2.24) is 15.4 Å². The highest BCUT2D eigenvalue weighted by Gasteiger charge is 2.10. The van der Waals surface area contributed by atoms with E-state index in [1.54, 1.807) is 7.05 Å². The van der Waals surface area contributed by atoms with Crippen molar-refractivity contribution in [3.05, 3.63) is 46.8 Å². The van der Waals surface area contributed by atoms with Gasteiger partial charge in [-0.1, -0.05) is 30.6 Å². The van der Waals surface area contributed by atoms with Crippen LogP contribution in [0.5, 0.6) is 5.75 Å². The molecule has 0 saturated heterocycles. The van der Waals surface area contributed by atoms with Crippen LogP contribution in [0.1, 0.15) is 31.2 Å². The predicted molar refractivity (Wildman–Crippen MR) is 116 cm³/mol. The van der Waals surface area contributed by atoms with Crippen LogP contribution in [0.3, 0.4) is 0 Å². The third-order valence-corrected chi connectivity index (χ3v) is 3.92. The first kappa shape index (κ1) is 22.6. The number of ether oxygens (including phenoxy) is 1. The molecule has 0 unspecified atom stereocenters. The van der Waals surface area contributed by atoms with Crippen LogP contribution in [-0.4, -0.2) is 43.3 Å². The summed E-state index contributed by atoms with van der Waals surface area (Å²) in [7, 11) is 3.71. The molecule has 1 heterocycles. The fraction of sp³-hybridized carbons (Fsp3) is 0.444. The third-order valence-electron chi connectivity index (χ3n) is 3.67. The molecule has 0 radical (unpaired) electrons. The molecule has 0 spiro atoms. The Bertz CT molecular complexity index is 689. The molecule has 1 N–H and O–H groups in total. The number of guanidine groups is 1. The number of nitrogens with zero attached hydrogens (tertiary/aromatic N) is 3. The molecule has 1 aromatic carbocycles. The van der Waals surface area contributed by atoms with E-state index in [0.29, 0.717) is 30.6 Å². The van der Waals surface area contributed by atoms with Gasteiger partial charge in [0.15, 0.2) is 11.7 Å². The maximum Gasteiger partial charge on any atom is 0.193 e. The van der Waals surface area contributed by atoms with Crippen LogP contribution < -0.4 is 10.1 Å². The molecule has 0 saturated carbocycles. The van der Waals surface area contributed by atoms with E-state index in [9.17, 15) is 0 Å². The number of hydrogen-bond donors (Lipinski definition) is 1. The second-order valence-electron chi connectivity index (χ2n) is 6.00. The summed E-state index contributed by atoms with van der Waals surface area (Å²) in [5.41, 5.74) is 0.955. The van der Waals surface area contributed by atoms with Gasteiger partial charge in [-0.05, 0) is 30.2 Å². The van der Waals surface area contributed by atoms with Crippen molar-refractivity contribution in [2.24, 2.45) is 4.99 Å². The predicted octanol–water partition coefficient (Wildman–Crippen LogP) is 4.16. The molecule has 0 atom stereocenters.